The molecule has 8 heteroatoms. The van der Waals surface area contributed by atoms with Crippen LogP contribution in [0.3, 0.4) is 0 Å². The van der Waals surface area contributed by atoms with E-state index >= 15 is 0 Å². The third-order valence-corrected chi connectivity index (χ3v) is 5.18. The molecule has 0 bridgehead atoms. The van der Waals surface area contributed by atoms with Crippen LogP contribution in [0.2, 0.25) is 5.02 Å². The molecule has 1 aromatic carbocycles. The number of benzene rings is 1. The van der Waals surface area contributed by atoms with Gasteiger partial charge in [0.05, 0.1) is 11.0 Å². The quantitative estimate of drug-likeness (QED) is 0.688. The van der Waals surface area contributed by atoms with Crippen molar-refractivity contribution in [1.82, 2.24) is 15.1 Å². The molecule has 1 aliphatic rings. The van der Waals surface area contributed by atoms with Crippen molar-refractivity contribution in [1.29, 1.82) is 0 Å². The monoisotopic (exact) mass is 430 g/mol. The highest BCUT2D eigenvalue weighted by Crippen LogP contribution is 2.24. The minimum absolute atomic E-state index is 0.245. The molecule has 0 aliphatic heterocycles. The zero-order valence-corrected chi connectivity index (χ0v) is 16.0. The molecule has 4 nitrogen and oxygen atoms in total. The maximum atomic E-state index is 13.9. The molecule has 1 fully saturated rings. The molecule has 1 saturated carbocycles. The Morgan fingerprint density at radius 1 is 1.42 bits per heavy atom. The molecule has 128 valence electrons. The van der Waals surface area contributed by atoms with Gasteiger partial charge in [0, 0.05) is 22.8 Å². The summed E-state index contributed by atoms with van der Waals surface area (Å²) < 4.78 is 16.3. The third kappa shape index (κ3) is 4.26. The minimum atomic E-state index is -0.345. The van der Waals surface area contributed by atoms with Crippen LogP contribution in [0.15, 0.2) is 28.9 Å². The van der Waals surface area contributed by atoms with Gasteiger partial charge in [-0.25, -0.2) is 4.39 Å². The number of anilines is 1. The number of rotatable bonds is 4. The number of halogens is 3. The van der Waals surface area contributed by atoms with Crippen molar-refractivity contribution in [3.8, 4) is 0 Å². The van der Waals surface area contributed by atoms with Gasteiger partial charge >= 0.3 is 0 Å². The van der Waals surface area contributed by atoms with E-state index in [-0.39, 0.29) is 12.4 Å². The highest BCUT2D eigenvalue weighted by molar-refractivity contribution is 9.10. The lowest BCUT2D eigenvalue weighted by atomic mass is 10.2. The number of hydrogen-bond donors (Lipinski definition) is 2. The molecule has 2 aromatic rings. The van der Waals surface area contributed by atoms with E-state index in [0.717, 1.165) is 17.3 Å². The summed E-state index contributed by atoms with van der Waals surface area (Å²) in [6.07, 6.45) is 6.53. The zero-order chi connectivity index (χ0) is 17.1. The van der Waals surface area contributed by atoms with E-state index in [4.69, 9.17) is 23.8 Å². The Labute approximate surface area is 158 Å². The standard InChI is InChI=1S/C16H17BrClFN4S/c17-12-9-23(8-11-13(18)6-3-7-14(11)19)22-15(12)21-16(24)20-10-4-1-2-5-10/h3,6-7,9-10H,1-2,4-5,8H2,(H2,20,21,22,24). The van der Waals surface area contributed by atoms with Crippen LogP contribution in [0.5, 0.6) is 0 Å². The smallest absolute Gasteiger partial charge is 0.172 e. The third-order valence-electron chi connectivity index (χ3n) is 4.02. The molecule has 0 radical (unpaired) electrons. The molecular weight excluding hydrogens is 415 g/mol. The average molecular weight is 432 g/mol. The molecule has 0 atom stereocenters. The van der Waals surface area contributed by atoms with Gasteiger partial charge < -0.3 is 10.6 Å². The predicted octanol–water partition coefficient (Wildman–Crippen LogP) is 4.72. The summed E-state index contributed by atoms with van der Waals surface area (Å²) in [6.45, 7) is 0.245. The normalized spacial score (nSPS) is 14.8. The van der Waals surface area contributed by atoms with E-state index in [9.17, 15) is 4.39 Å². The lowest BCUT2D eigenvalue weighted by molar-refractivity contribution is 0.586. The van der Waals surface area contributed by atoms with Crippen molar-refractivity contribution < 1.29 is 4.39 Å². The molecule has 2 N–H and O–H groups in total. The Morgan fingerprint density at radius 2 is 2.17 bits per heavy atom. The largest absolute Gasteiger partial charge is 0.360 e. The summed E-state index contributed by atoms with van der Waals surface area (Å²) in [5.41, 5.74) is 0.410. The van der Waals surface area contributed by atoms with Crippen molar-refractivity contribution in [2.75, 3.05) is 5.32 Å². The summed E-state index contributed by atoms with van der Waals surface area (Å²) in [4.78, 5) is 0. The maximum absolute atomic E-state index is 13.9. The molecule has 1 aliphatic carbocycles. The average Bonchev–Trinajstić information content (AvgIpc) is 3.14. The number of hydrogen-bond acceptors (Lipinski definition) is 2. The van der Waals surface area contributed by atoms with Crippen molar-refractivity contribution in [3.63, 3.8) is 0 Å². The number of nitrogens with one attached hydrogen (secondary N) is 2. The molecular formula is C16H17BrClFN4S. The highest BCUT2D eigenvalue weighted by atomic mass is 79.9. The van der Waals surface area contributed by atoms with Gasteiger partial charge in [-0.1, -0.05) is 30.5 Å². The van der Waals surface area contributed by atoms with E-state index in [0.29, 0.717) is 27.6 Å². The fraction of sp³-hybridized carbons (Fsp3) is 0.375. The topological polar surface area (TPSA) is 41.9 Å². The lowest BCUT2D eigenvalue weighted by Gasteiger charge is -2.14. The van der Waals surface area contributed by atoms with Crippen molar-refractivity contribution in [2.24, 2.45) is 0 Å². The van der Waals surface area contributed by atoms with Gasteiger partial charge in [0.15, 0.2) is 10.9 Å². The lowest BCUT2D eigenvalue weighted by Crippen LogP contribution is -2.36. The molecule has 0 spiro atoms. The fourth-order valence-electron chi connectivity index (χ4n) is 2.81. The van der Waals surface area contributed by atoms with Crippen LogP contribution in [0.1, 0.15) is 31.2 Å². The fourth-order valence-corrected chi connectivity index (χ4v) is 3.71. The molecule has 1 heterocycles. The van der Waals surface area contributed by atoms with Crippen LogP contribution in [0, 0.1) is 5.82 Å². The van der Waals surface area contributed by atoms with Crippen LogP contribution >= 0.6 is 39.7 Å². The van der Waals surface area contributed by atoms with Crippen LogP contribution in [-0.4, -0.2) is 20.9 Å². The van der Waals surface area contributed by atoms with Gasteiger partial charge in [0.2, 0.25) is 0 Å². The van der Waals surface area contributed by atoms with E-state index < -0.39 is 0 Å². The second kappa shape index (κ2) is 7.80. The van der Waals surface area contributed by atoms with Gasteiger partial charge in [-0.15, -0.1) is 0 Å². The van der Waals surface area contributed by atoms with Crippen molar-refractivity contribution >= 4 is 50.7 Å². The number of nitrogens with zero attached hydrogens (tertiary/aromatic N) is 2. The maximum Gasteiger partial charge on any atom is 0.172 e. The van der Waals surface area contributed by atoms with E-state index in [1.807, 2.05) is 0 Å². The van der Waals surface area contributed by atoms with Crippen LogP contribution in [0.4, 0.5) is 10.2 Å². The molecule has 24 heavy (non-hydrogen) atoms. The van der Waals surface area contributed by atoms with Gasteiger partial charge in [0.1, 0.15) is 5.82 Å². The second-order valence-corrected chi connectivity index (χ2v) is 7.47. The van der Waals surface area contributed by atoms with Crippen molar-refractivity contribution in [3.05, 3.63) is 45.3 Å². The predicted molar refractivity (Wildman–Crippen MR) is 102 cm³/mol. The second-order valence-electron chi connectivity index (χ2n) is 5.80. The highest BCUT2D eigenvalue weighted by Gasteiger charge is 2.17. The summed E-state index contributed by atoms with van der Waals surface area (Å²) in [5.74, 6) is 0.250. The van der Waals surface area contributed by atoms with Gasteiger partial charge in [-0.3, -0.25) is 4.68 Å². The Bertz CT molecular complexity index is 725. The summed E-state index contributed by atoms with van der Waals surface area (Å²) in [5, 5.41) is 11.7. The van der Waals surface area contributed by atoms with E-state index in [1.54, 1.807) is 23.0 Å². The Hall–Kier alpha value is -1.18. The van der Waals surface area contributed by atoms with Gasteiger partial charge in [0.25, 0.3) is 0 Å². The van der Waals surface area contributed by atoms with Crippen LogP contribution in [-0.2, 0) is 6.54 Å². The van der Waals surface area contributed by atoms with Crippen LogP contribution < -0.4 is 10.6 Å². The Balaban J connectivity index is 1.67. The van der Waals surface area contributed by atoms with E-state index in [2.05, 4.69) is 31.7 Å². The van der Waals surface area contributed by atoms with E-state index in [1.165, 1.54) is 18.9 Å². The first kappa shape index (κ1) is 17.6. The Morgan fingerprint density at radius 3 is 2.88 bits per heavy atom. The Kier molecular flexibility index (Phi) is 5.73. The molecule has 0 saturated heterocycles. The van der Waals surface area contributed by atoms with Gasteiger partial charge in [-0.2, -0.15) is 5.10 Å². The SMILES string of the molecule is Fc1cccc(Cl)c1Cn1cc(Br)c(NC(=S)NC2CCCC2)n1. The summed E-state index contributed by atoms with van der Waals surface area (Å²) >= 11 is 14.9. The summed E-state index contributed by atoms with van der Waals surface area (Å²) in [6, 6.07) is 5.07. The van der Waals surface area contributed by atoms with Crippen molar-refractivity contribution in [2.45, 2.75) is 38.3 Å². The first-order valence-corrected chi connectivity index (χ1v) is 9.34. The number of thiocarbonyl (C=S) groups is 1. The zero-order valence-electron chi connectivity index (χ0n) is 12.9. The number of aromatic nitrogens is 2. The molecule has 0 unspecified atom stereocenters. The van der Waals surface area contributed by atoms with Crippen LogP contribution in [0.25, 0.3) is 0 Å². The first-order chi connectivity index (χ1) is 11.5. The molecule has 3 rings (SSSR count). The summed E-state index contributed by atoms with van der Waals surface area (Å²) in [7, 11) is 0. The molecule has 0 amide bonds. The molecule has 1 aromatic heterocycles. The van der Waals surface area contributed by atoms with Gasteiger partial charge in [-0.05, 0) is 53.1 Å². The first-order valence-electron chi connectivity index (χ1n) is 7.76. The minimum Gasteiger partial charge on any atom is -0.360 e.